The van der Waals surface area contributed by atoms with E-state index in [1.165, 1.54) is 22.3 Å². The van der Waals surface area contributed by atoms with Crippen molar-refractivity contribution in [3.8, 4) is 0 Å². The number of carbonyl (C=O) groups excluding carboxylic acids is 1. The molecule has 27 heavy (non-hydrogen) atoms. The molecule has 0 fully saturated rings. The molecule has 0 aliphatic heterocycles. The first kappa shape index (κ1) is 26.9. The maximum absolute atomic E-state index is 13.2. The summed E-state index contributed by atoms with van der Waals surface area (Å²) in [6.07, 6.45) is 0. The molecule has 1 aliphatic rings. The van der Waals surface area contributed by atoms with Gasteiger partial charge in [-0.25, -0.2) is 0 Å². The van der Waals surface area contributed by atoms with Crippen molar-refractivity contribution in [2.75, 3.05) is 0 Å². The number of hydrogen-bond acceptors (Lipinski definition) is 1. The van der Waals surface area contributed by atoms with Crippen LogP contribution in [0.1, 0.15) is 54.7 Å². The fourth-order valence-corrected chi connectivity index (χ4v) is 19.6. The zero-order chi connectivity index (χ0) is 19.0. The third kappa shape index (κ3) is 5.47. The number of carbonyl (C=O) groups is 1. The molecule has 1 aromatic carbocycles. The molecular formula is C21H32Cl2NOSiZr. The topological polar surface area (TPSA) is 29.1 Å². The fourth-order valence-electron chi connectivity index (χ4n) is 4.04. The second-order valence-corrected chi connectivity index (χ2v) is 26.1. The minimum atomic E-state index is -2.15. The van der Waals surface area contributed by atoms with Crippen molar-refractivity contribution in [1.82, 2.24) is 3.26 Å². The molecule has 149 valence electrons. The molecule has 0 saturated heterocycles. The molecule has 0 bridgehead atoms. The summed E-state index contributed by atoms with van der Waals surface area (Å²) in [7, 11) is 0. The third-order valence-electron chi connectivity index (χ3n) is 5.66. The summed E-state index contributed by atoms with van der Waals surface area (Å²) < 4.78 is 5.25. The number of benzene rings is 1. The van der Waals surface area contributed by atoms with Crippen LogP contribution in [-0.4, -0.2) is 11.8 Å². The standard InChI is InChI=1S/C10H13NO.C9H13.C2H7Si.2ClH.Zr/c1-6-4-7(2)9(10(11)12)8(3)5-6;1-6-5-7(2)9(4)8(6)3;1-3-2;;;/h4-5H,1-3H3,(H2,11,12);6H,1-4H3;3H,1-2H3;2*1H;/q;;;;;+3/p-3. The Morgan fingerprint density at radius 2 is 1.44 bits per heavy atom. The number of allylic oxidation sites excluding steroid dienone is 4. The second kappa shape index (κ2) is 10.6. The summed E-state index contributed by atoms with van der Waals surface area (Å²) in [6, 6.07) is 4.24. The zero-order valence-corrected chi connectivity index (χ0v) is 23.1. The number of halogens is 2. The normalized spacial score (nSPS) is 16.3. The first-order chi connectivity index (χ1) is 11.6. The summed E-state index contributed by atoms with van der Waals surface area (Å²) >= 11 is -2.15. The van der Waals surface area contributed by atoms with E-state index in [2.05, 4.69) is 77.0 Å². The first-order valence-electron chi connectivity index (χ1n) is 9.21. The Morgan fingerprint density at radius 1 is 0.963 bits per heavy atom. The van der Waals surface area contributed by atoms with Crippen LogP contribution in [0.4, 0.5) is 0 Å². The van der Waals surface area contributed by atoms with Gasteiger partial charge in [0.25, 0.3) is 0 Å². The fraction of sp³-hybridized carbons (Fsp3) is 0.476. The van der Waals surface area contributed by atoms with Gasteiger partial charge in [0, 0.05) is 0 Å². The molecule has 2 rings (SSSR count). The van der Waals surface area contributed by atoms with Gasteiger partial charge in [-0.05, 0) is 0 Å². The van der Waals surface area contributed by atoms with Gasteiger partial charge >= 0.3 is 163 Å². The maximum Gasteiger partial charge on any atom is -1.00 e. The van der Waals surface area contributed by atoms with Gasteiger partial charge in [-0.15, -0.1) is 0 Å². The van der Waals surface area contributed by atoms with E-state index < -0.39 is 27.1 Å². The van der Waals surface area contributed by atoms with E-state index in [1.54, 1.807) is 3.28 Å². The zero-order valence-electron chi connectivity index (χ0n) is 18.0. The van der Waals surface area contributed by atoms with Crippen LogP contribution in [0, 0.1) is 26.7 Å². The Balaban J connectivity index is 0.00000338. The van der Waals surface area contributed by atoms with Crippen molar-refractivity contribution >= 4 is 11.8 Å². The molecular weight excluding hydrogens is 472 g/mol. The SMILES string of the molecule is CC1=C(C)C(C)[C]([Zr+2]([NH]C(=O)c2c(C)cc(C)cc2C)[SiH](C)C)=C1C.[Cl-].[Cl-]. The monoisotopic (exact) mass is 502 g/mol. The minimum absolute atomic E-state index is 0. The minimum Gasteiger partial charge on any atom is -1.00 e. The predicted octanol–water partition coefficient (Wildman–Crippen LogP) is -0.874. The van der Waals surface area contributed by atoms with Crippen LogP contribution in [0.5, 0.6) is 0 Å². The van der Waals surface area contributed by atoms with E-state index in [4.69, 9.17) is 0 Å². The van der Waals surface area contributed by atoms with Crippen LogP contribution in [0.15, 0.2) is 32.1 Å². The van der Waals surface area contributed by atoms with Gasteiger partial charge in [0.2, 0.25) is 0 Å². The molecule has 0 radical (unpaired) electrons. The van der Waals surface area contributed by atoms with Gasteiger partial charge in [0.1, 0.15) is 0 Å². The van der Waals surface area contributed by atoms with Crippen LogP contribution < -0.4 is 28.1 Å². The van der Waals surface area contributed by atoms with Crippen LogP contribution >= 0.6 is 0 Å². The van der Waals surface area contributed by atoms with Crippen molar-refractivity contribution in [2.45, 2.75) is 61.6 Å². The maximum atomic E-state index is 13.2. The van der Waals surface area contributed by atoms with Gasteiger partial charge in [0.05, 0.1) is 0 Å². The first-order valence-corrected chi connectivity index (χ1v) is 18.8. The number of nitrogens with one attached hydrogen (secondary N) is 1. The number of hydrogen-bond donors (Lipinski definition) is 1. The number of rotatable bonds is 4. The van der Waals surface area contributed by atoms with Crippen LogP contribution in [0.3, 0.4) is 0 Å². The average molecular weight is 505 g/mol. The van der Waals surface area contributed by atoms with E-state index in [0.29, 0.717) is 5.92 Å². The summed E-state index contributed by atoms with van der Waals surface area (Å²) in [5, 5.41) is 0. The van der Waals surface area contributed by atoms with Crippen LogP contribution in [0.25, 0.3) is 0 Å². The molecule has 0 spiro atoms. The van der Waals surface area contributed by atoms with Crippen molar-refractivity contribution in [3.63, 3.8) is 0 Å². The summed E-state index contributed by atoms with van der Waals surface area (Å²) in [4.78, 5) is 13.2. The van der Waals surface area contributed by atoms with E-state index >= 15 is 0 Å². The van der Waals surface area contributed by atoms with E-state index in [1.807, 2.05) is 0 Å². The molecule has 0 heterocycles. The van der Waals surface area contributed by atoms with E-state index in [0.717, 1.165) is 16.7 Å². The van der Waals surface area contributed by atoms with Gasteiger partial charge < -0.3 is 24.8 Å². The van der Waals surface area contributed by atoms with E-state index in [9.17, 15) is 4.79 Å². The average Bonchev–Trinajstić information content (AvgIpc) is 2.68. The Hall–Kier alpha value is -0.150. The van der Waals surface area contributed by atoms with Gasteiger partial charge in [-0.1, -0.05) is 0 Å². The van der Waals surface area contributed by atoms with E-state index in [-0.39, 0.29) is 30.7 Å². The number of amides is 1. The number of aryl methyl sites for hydroxylation is 3. The Bertz CT molecular complexity index is 763. The molecule has 6 heteroatoms. The molecule has 0 saturated carbocycles. The molecule has 1 aromatic rings. The molecule has 1 unspecified atom stereocenters. The summed E-state index contributed by atoms with van der Waals surface area (Å²) in [6.45, 7) is 20.1. The molecule has 1 atom stereocenters. The second-order valence-electron chi connectivity index (χ2n) is 7.86. The van der Waals surface area contributed by atoms with Crippen LogP contribution in [-0.2, 0) is 21.2 Å². The van der Waals surface area contributed by atoms with Gasteiger partial charge in [-0.3, -0.25) is 0 Å². The predicted molar refractivity (Wildman–Crippen MR) is 107 cm³/mol. The van der Waals surface area contributed by atoms with Crippen molar-refractivity contribution in [3.05, 3.63) is 54.4 Å². The molecule has 2 nitrogen and oxygen atoms in total. The Labute approximate surface area is 186 Å². The van der Waals surface area contributed by atoms with Crippen LogP contribution in [0.2, 0.25) is 13.1 Å². The van der Waals surface area contributed by atoms with Crippen molar-refractivity contribution in [2.24, 2.45) is 5.92 Å². The molecule has 1 aliphatic carbocycles. The van der Waals surface area contributed by atoms with Crippen molar-refractivity contribution in [1.29, 1.82) is 0 Å². The summed E-state index contributed by atoms with van der Waals surface area (Å²) in [5.41, 5.74) is 8.73. The Kier molecular flexibility index (Phi) is 10.5. The smallest absolute Gasteiger partial charge is 1.00 e. The Morgan fingerprint density at radius 3 is 1.81 bits per heavy atom. The largest absolute Gasteiger partial charge is 1.00 e. The third-order valence-corrected chi connectivity index (χ3v) is 22.7. The van der Waals surface area contributed by atoms with Gasteiger partial charge in [-0.2, -0.15) is 0 Å². The summed E-state index contributed by atoms with van der Waals surface area (Å²) in [5.74, 6) is -0.226. The molecule has 1 amide bonds. The van der Waals surface area contributed by atoms with Crippen molar-refractivity contribution < 1.29 is 50.8 Å². The molecule has 1 N–H and O–H groups in total. The quantitative estimate of drug-likeness (QED) is 0.531. The van der Waals surface area contributed by atoms with Gasteiger partial charge in [0.15, 0.2) is 0 Å². The molecule has 0 aromatic heterocycles.